The third-order valence-corrected chi connectivity index (χ3v) is 8.56. The van der Waals surface area contributed by atoms with Crippen LogP contribution < -0.4 is 4.90 Å². The lowest BCUT2D eigenvalue weighted by Gasteiger charge is -2.34. The summed E-state index contributed by atoms with van der Waals surface area (Å²) < 4.78 is 9.74. The average Bonchev–Trinajstić information content (AvgIpc) is 3.46. The molecular weight excluding hydrogens is 530 g/mol. The van der Waals surface area contributed by atoms with Crippen LogP contribution >= 0.6 is 22.9 Å². The van der Waals surface area contributed by atoms with E-state index in [9.17, 15) is 9.90 Å². The van der Waals surface area contributed by atoms with Gasteiger partial charge in [-0.15, -0.1) is 0 Å². The fourth-order valence-electron chi connectivity index (χ4n) is 5.70. The van der Waals surface area contributed by atoms with Gasteiger partial charge in [0.1, 0.15) is 0 Å². The Morgan fingerprint density at radius 3 is 2.49 bits per heavy atom. The molecule has 0 unspecified atom stereocenters. The molecule has 3 heterocycles. The molecule has 1 aliphatic rings. The van der Waals surface area contributed by atoms with E-state index in [0.717, 1.165) is 67.4 Å². The van der Waals surface area contributed by atoms with Crippen molar-refractivity contribution in [3.8, 4) is 11.1 Å². The number of aliphatic carboxylic acids is 1. The van der Waals surface area contributed by atoms with Crippen molar-refractivity contribution in [2.24, 2.45) is 0 Å². The number of thiazole rings is 1. The van der Waals surface area contributed by atoms with Crippen molar-refractivity contribution in [2.45, 2.75) is 52.9 Å². The van der Waals surface area contributed by atoms with Crippen LogP contribution in [0.4, 0.5) is 10.8 Å². The molecule has 8 heteroatoms. The van der Waals surface area contributed by atoms with E-state index in [0.29, 0.717) is 10.6 Å². The number of benzene rings is 3. The first-order valence-corrected chi connectivity index (χ1v) is 14.2. The third kappa shape index (κ3) is 4.39. The number of para-hydroxylation sites is 1. The quantitative estimate of drug-likeness (QED) is 0.235. The Labute approximate surface area is 236 Å². The molecule has 1 N–H and O–H groups in total. The van der Waals surface area contributed by atoms with E-state index in [2.05, 4.69) is 28.5 Å². The summed E-state index contributed by atoms with van der Waals surface area (Å²) in [6.07, 6.45) is -1.17. The Kier molecular flexibility index (Phi) is 6.21. The molecule has 39 heavy (non-hydrogen) atoms. The van der Waals surface area contributed by atoms with Gasteiger partial charge in [0.25, 0.3) is 0 Å². The van der Waals surface area contributed by atoms with Crippen molar-refractivity contribution in [1.29, 1.82) is 0 Å². The zero-order valence-electron chi connectivity index (χ0n) is 22.6. The number of carboxylic acids is 1. The van der Waals surface area contributed by atoms with E-state index in [1.165, 1.54) is 0 Å². The maximum Gasteiger partial charge on any atom is 0.337 e. The van der Waals surface area contributed by atoms with E-state index in [1.807, 2.05) is 70.2 Å². The highest BCUT2D eigenvalue weighted by Crippen LogP contribution is 2.50. The largest absolute Gasteiger partial charge is 0.479 e. The first kappa shape index (κ1) is 25.9. The lowest BCUT2D eigenvalue weighted by Crippen LogP contribution is -2.31. The van der Waals surface area contributed by atoms with Gasteiger partial charge in [0.15, 0.2) is 11.2 Å². The number of carboxylic acid groups (broad SMARTS) is 1. The van der Waals surface area contributed by atoms with Crippen LogP contribution in [0.3, 0.4) is 0 Å². The number of nitrogens with zero attached hydrogens (tertiary/aromatic N) is 3. The van der Waals surface area contributed by atoms with E-state index in [4.69, 9.17) is 21.3 Å². The summed E-state index contributed by atoms with van der Waals surface area (Å²) in [5, 5.41) is 13.1. The molecule has 2 aromatic heterocycles. The van der Waals surface area contributed by atoms with Gasteiger partial charge in [-0.1, -0.05) is 47.2 Å². The minimum absolute atomic E-state index is 0.627. The minimum Gasteiger partial charge on any atom is -0.479 e. The van der Waals surface area contributed by atoms with Crippen molar-refractivity contribution in [1.82, 2.24) is 9.55 Å². The van der Waals surface area contributed by atoms with Gasteiger partial charge in [0.05, 0.1) is 27.0 Å². The van der Waals surface area contributed by atoms with Crippen LogP contribution in [0.5, 0.6) is 0 Å². The predicted octanol–water partition coefficient (Wildman–Crippen LogP) is 8.28. The second kappa shape index (κ2) is 9.37. The number of anilines is 2. The second-order valence-corrected chi connectivity index (χ2v) is 12.5. The molecule has 0 radical (unpaired) electrons. The molecule has 0 aliphatic carbocycles. The average molecular weight is 560 g/mol. The fraction of sp³-hybridized carbons (Fsp3) is 0.290. The first-order valence-electron chi connectivity index (χ1n) is 13.0. The summed E-state index contributed by atoms with van der Waals surface area (Å²) in [6.45, 7) is 11.3. The van der Waals surface area contributed by atoms with Crippen LogP contribution in [-0.2, 0) is 16.1 Å². The number of carbonyl (C=O) groups is 1. The Hall–Kier alpha value is -3.39. The van der Waals surface area contributed by atoms with Gasteiger partial charge in [-0.25, -0.2) is 9.78 Å². The van der Waals surface area contributed by atoms with Gasteiger partial charge in [0, 0.05) is 34.8 Å². The van der Waals surface area contributed by atoms with E-state index in [1.54, 1.807) is 11.3 Å². The summed E-state index contributed by atoms with van der Waals surface area (Å²) in [4.78, 5) is 20.1. The monoisotopic (exact) mass is 559 g/mol. The van der Waals surface area contributed by atoms with Crippen LogP contribution in [0.15, 0.2) is 54.6 Å². The number of fused-ring (bicyclic) bond motifs is 1. The molecule has 0 amide bonds. The van der Waals surface area contributed by atoms with Crippen molar-refractivity contribution < 1.29 is 14.6 Å². The Morgan fingerprint density at radius 1 is 1.10 bits per heavy atom. The molecule has 0 spiro atoms. The Morgan fingerprint density at radius 2 is 1.82 bits per heavy atom. The number of aromatic nitrogens is 2. The molecule has 0 bridgehead atoms. The molecule has 1 atom stereocenters. The fourth-order valence-corrected chi connectivity index (χ4v) is 6.82. The normalized spacial score (nSPS) is 14.4. The molecule has 0 saturated heterocycles. The van der Waals surface area contributed by atoms with Crippen LogP contribution in [0.25, 0.3) is 32.2 Å². The van der Waals surface area contributed by atoms with Crippen molar-refractivity contribution in [3.05, 3.63) is 76.4 Å². The van der Waals surface area contributed by atoms with Crippen LogP contribution in [0, 0.1) is 13.8 Å². The zero-order chi connectivity index (χ0) is 27.6. The van der Waals surface area contributed by atoms with Gasteiger partial charge in [0.2, 0.25) is 0 Å². The standard InChI is InChI=1S/C31H30ClN3O3S/c1-17-16-21-25(19-10-12-20(32)13-11-19)24(28(29(36)37)38-31(3,4)5)18(2)26-27(21)34(17)14-15-35(26)30-33-22-8-6-7-9-23(22)39-30/h6-13,16,28H,14-15H2,1-5H3,(H,36,37)/t28-/m0/s1. The van der Waals surface area contributed by atoms with Crippen molar-refractivity contribution in [3.63, 3.8) is 0 Å². The lowest BCUT2D eigenvalue weighted by molar-refractivity contribution is -0.160. The van der Waals surface area contributed by atoms with E-state index >= 15 is 0 Å². The van der Waals surface area contributed by atoms with Crippen molar-refractivity contribution >= 4 is 60.8 Å². The molecular formula is C31H30ClN3O3S. The molecule has 6 rings (SSSR count). The van der Waals surface area contributed by atoms with Gasteiger partial charge in [-0.3, -0.25) is 0 Å². The Bertz CT molecular complexity index is 1710. The molecule has 0 fully saturated rings. The number of rotatable bonds is 5. The zero-order valence-corrected chi connectivity index (χ0v) is 24.2. The predicted molar refractivity (Wildman–Crippen MR) is 160 cm³/mol. The summed E-state index contributed by atoms with van der Waals surface area (Å²) in [5.41, 5.74) is 6.80. The highest BCUT2D eigenvalue weighted by Gasteiger charge is 2.36. The number of ether oxygens (including phenoxy) is 1. The molecule has 6 nitrogen and oxygen atoms in total. The molecule has 0 saturated carbocycles. The summed E-state index contributed by atoms with van der Waals surface area (Å²) in [5.74, 6) is -1.02. The van der Waals surface area contributed by atoms with Crippen LogP contribution in [0.1, 0.15) is 43.7 Å². The Balaban J connectivity index is 1.71. The number of hydrogen-bond acceptors (Lipinski definition) is 5. The van der Waals surface area contributed by atoms with Gasteiger partial charge < -0.3 is 19.3 Å². The van der Waals surface area contributed by atoms with Gasteiger partial charge in [-0.2, -0.15) is 0 Å². The number of hydrogen-bond donors (Lipinski definition) is 1. The number of halogens is 1. The van der Waals surface area contributed by atoms with Gasteiger partial charge in [-0.05, 0) is 81.6 Å². The maximum atomic E-state index is 12.9. The molecule has 1 aliphatic heterocycles. The molecule has 200 valence electrons. The smallest absolute Gasteiger partial charge is 0.337 e. The third-order valence-electron chi connectivity index (χ3n) is 7.25. The molecule has 5 aromatic rings. The first-order chi connectivity index (χ1) is 18.5. The molecule has 3 aromatic carbocycles. The van der Waals surface area contributed by atoms with E-state index < -0.39 is 17.7 Å². The summed E-state index contributed by atoms with van der Waals surface area (Å²) >= 11 is 7.91. The van der Waals surface area contributed by atoms with Crippen LogP contribution in [-0.4, -0.2) is 32.8 Å². The maximum absolute atomic E-state index is 12.9. The minimum atomic E-state index is -1.17. The van der Waals surface area contributed by atoms with Gasteiger partial charge >= 0.3 is 5.97 Å². The SMILES string of the molecule is Cc1c([C@H](OC(C)(C)C)C(=O)O)c(-c2ccc(Cl)cc2)c2cc(C)n3c2c1N(c1nc2ccccc2s1)CC3. The number of aryl methyl sites for hydroxylation is 1. The highest BCUT2D eigenvalue weighted by molar-refractivity contribution is 7.22. The topological polar surface area (TPSA) is 67.6 Å². The lowest BCUT2D eigenvalue weighted by atomic mass is 9.87. The summed E-state index contributed by atoms with van der Waals surface area (Å²) in [7, 11) is 0. The highest BCUT2D eigenvalue weighted by atomic mass is 35.5. The van der Waals surface area contributed by atoms with Crippen molar-refractivity contribution in [2.75, 3.05) is 11.4 Å². The van der Waals surface area contributed by atoms with Crippen LogP contribution in [0.2, 0.25) is 5.02 Å². The van der Waals surface area contributed by atoms with E-state index in [-0.39, 0.29) is 0 Å². The summed E-state index contributed by atoms with van der Waals surface area (Å²) in [6, 6.07) is 17.9. The second-order valence-electron chi connectivity index (χ2n) is 11.0.